The fourth-order valence-corrected chi connectivity index (χ4v) is 2.05. The molecule has 0 aromatic rings. The molecule has 1 aliphatic rings. The summed E-state index contributed by atoms with van der Waals surface area (Å²) in [4.78, 5) is 11.0. The molecule has 0 aromatic heterocycles. The standard InChI is InChI=1S/C10H19NO4/c1-5-9(11-7(3)13)6(2)15-8(4-12)10(5)14/h5-6,8-10,12,14H,4H2,1-3H3,(H,11,13). The molecule has 15 heavy (non-hydrogen) atoms. The van der Waals surface area contributed by atoms with Crippen LogP contribution in [0.5, 0.6) is 0 Å². The number of hydrogen-bond acceptors (Lipinski definition) is 4. The van der Waals surface area contributed by atoms with Crippen LogP contribution in [-0.2, 0) is 9.53 Å². The van der Waals surface area contributed by atoms with Crippen LogP contribution in [0.25, 0.3) is 0 Å². The van der Waals surface area contributed by atoms with Crippen LogP contribution in [0.1, 0.15) is 20.8 Å². The van der Waals surface area contributed by atoms with Crippen molar-refractivity contribution >= 4 is 5.91 Å². The fraction of sp³-hybridized carbons (Fsp3) is 0.900. The lowest BCUT2D eigenvalue weighted by molar-refractivity contribution is -0.166. The number of hydrogen-bond donors (Lipinski definition) is 3. The van der Waals surface area contributed by atoms with Crippen molar-refractivity contribution in [3.8, 4) is 0 Å². The zero-order chi connectivity index (χ0) is 11.6. The largest absolute Gasteiger partial charge is 0.394 e. The van der Waals surface area contributed by atoms with Crippen molar-refractivity contribution in [1.82, 2.24) is 5.32 Å². The van der Waals surface area contributed by atoms with Gasteiger partial charge >= 0.3 is 0 Å². The Bertz CT molecular complexity index is 233. The van der Waals surface area contributed by atoms with Gasteiger partial charge in [0.05, 0.1) is 24.9 Å². The second-order valence-electron chi connectivity index (χ2n) is 4.14. The third-order valence-corrected chi connectivity index (χ3v) is 2.93. The highest BCUT2D eigenvalue weighted by atomic mass is 16.5. The van der Waals surface area contributed by atoms with Gasteiger partial charge in [-0.05, 0) is 6.92 Å². The smallest absolute Gasteiger partial charge is 0.217 e. The Morgan fingerprint density at radius 3 is 2.53 bits per heavy atom. The minimum absolute atomic E-state index is 0.130. The van der Waals surface area contributed by atoms with Gasteiger partial charge in [0.2, 0.25) is 5.91 Å². The summed E-state index contributed by atoms with van der Waals surface area (Å²) in [5, 5.41) is 21.5. The minimum Gasteiger partial charge on any atom is -0.394 e. The minimum atomic E-state index is -0.747. The van der Waals surface area contributed by atoms with Gasteiger partial charge in [-0.2, -0.15) is 0 Å². The van der Waals surface area contributed by atoms with Crippen LogP contribution in [0.4, 0.5) is 0 Å². The van der Waals surface area contributed by atoms with Crippen molar-refractivity contribution in [2.24, 2.45) is 5.92 Å². The molecule has 3 N–H and O–H groups in total. The van der Waals surface area contributed by atoms with Gasteiger partial charge in [0.15, 0.2) is 0 Å². The molecule has 5 atom stereocenters. The lowest BCUT2D eigenvalue weighted by atomic mass is 9.86. The maximum atomic E-state index is 11.0. The van der Waals surface area contributed by atoms with E-state index in [1.165, 1.54) is 6.92 Å². The maximum Gasteiger partial charge on any atom is 0.217 e. The Labute approximate surface area is 89.4 Å². The summed E-state index contributed by atoms with van der Waals surface area (Å²) < 4.78 is 5.42. The number of nitrogens with one attached hydrogen (secondary N) is 1. The van der Waals surface area contributed by atoms with E-state index in [4.69, 9.17) is 9.84 Å². The van der Waals surface area contributed by atoms with E-state index in [1.54, 1.807) is 0 Å². The maximum absolute atomic E-state index is 11.0. The summed E-state index contributed by atoms with van der Waals surface area (Å²) in [7, 11) is 0. The topological polar surface area (TPSA) is 78.8 Å². The zero-order valence-electron chi connectivity index (χ0n) is 9.30. The highest BCUT2D eigenvalue weighted by Gasteiger charge is 2.40. The van der Waals surface area contributed by atoms with Crippen molar-refractivity contribution in [3.05, 3.63) is 0 Å². The Balaban J connectivity index is 2.70. The molecule has 0 spiro atoms. The number of amides is 1. The summed E-state index contributed by atoms with van der Waals surface area (Å²) in [5.74, 6) is -0.272. The first kappa shape index (κ1) is 12.4. The molecule has 1 fully saturated rings. The summed E-state index contributed by atoms with van der Waals surface area (Å²) in [6, 6.07) is -0.208. The SMILES string of the molecule is CC(=O)NC1C(C)OC(CO)C(O)C1C. The van der Waals surface area contributed by atoms with E-state index in [2.05, 4.69) is 5.32 Å². The second kappa shape index (κ2) is 4.92. The van der Waals surface area contributed by atoms with Crippen LogP contribution < -0.4 is 5.32 Å². The zero-order valence-corrected chi connectivity index (χ0v) is 9.30. The summed E-state index contributed by atoms with van der Waals surface area (Å²) in [6.45, 7) is 4.89. The highest BCUT2D eigenvalue weighted by Crippen LogP contribution is 2.25. The number of ether oxygens (including phenoxy) is 1. The Kier molecular flexibility index (Phi) is 4.07. The van der Waals surface area contributed by atoms with Crippen LogP contribution in [0, 0.1) is 5.92 Å². The number of carbonyl (C=O) groups excluding carboxylic acids is 1. The molecule has 88 valence electrons. The van der Waals surface area contributed by atoms with Crippen molar-refractivity contribution < 1.29 is 19.7 Å². The van der Waals surface area contributed by atoms with Crippen LogP contribution >= 0.6 is 0 Å². The molecule has 1 amide bonds. The van der Waals surface area contributed by atoms with Crippen LogP contribution in [-0.4, -0.2) is 47.1 Å². The van der Waals surface area contributed by atoms with Gasteiger partial charge in [0.25, 0.3) is 0 Å². The first-order chi connectivity index (χ1) is 6.97. The molecular formula is C10H19NO4. The normalized spacial score (nSPS) is 41.3. The third-order valence-electron chi connectivity index (χ3n) is 2.93. The van der Waals surface area contributed by atoms with E-state index in [0.717, 1.165) is 0 Å². The van der Waals surface area contributed by atoms with Crippen molar-refractivity contribution in [3.63, 3.8) is 0 Å². The summed E-state index contributed by atoms with van der Waals surface area (Å²) >= 11 is 0. The Morgan fingerprint density at radius 1 is 1.47 bits per heavy atom. The van der Waals surface area contributed by atoms with Crippen LogP contribution in [0.3, 0.4) is 0 Å². The molecule has 0 radical (unpaired) electrons. The van der Waals surface area contributed by atoms with Crippen molar-refractivity contribution in [1.29, 1.82) is 0 Å². The molecule has 1 aliphatic heterocycles. The fourth-order valence-electron chi connectivity index (χ4n) is 2.05. The molecule has 0 aliphatic carbocycles. The average molecular weight is 217 g/mol. The van der Waals surface area contributed by atoms with E-state index >= 15 is 0 Å². The van der Waals surface area contributed by atoms with E-state index in [1.807, 2.05) is 13.8 Å². The second-order valence-corrected chi connectivity index (χ2v) is 4.14. The monoisotopic (exact) mass is 217 g/mol. The molecule has 0 aromatic carbocycles. The molecule has 1 rings (SSSR count). The van der Waals surface area contributed by atoms with Crippen LogP contribution in [0.15, 0.2) is 0 Å². The molecule has 1 saturated heterocycles. The first-order valence-electron chi connectivity index (χ1n) is 5.18. The van der Waals surface area contributed by atoms with Gasteiger partial charge in [0, 0.05) is 12.8 Å². The molecule has 5 nitrogen and oxygen atoms in total. The molecule has 5 heteroatoms. The predicted octanol–water partition coefficient (Wildman–Crippen LogP) is -0.732. The van der Waals surface area contributed by atoms with Gasteiger partial charge in [0.1, 0.15) is 6.10 Å². The quantitative estimate of drug-likeness (QED) is 0.569. The van der Waals surface area contributed by atoms with Gasteiger partial charge in [-0.1, -0.05) is 6.92 Å². The van der Waals surface area contributed by atoms with Gasteiger partial charge < -0.3 is 20.3 Å². The molecule has 0 saturated carbocycles. The average Bonchev–Trinajstić information content (AvgIpc) is 2.18. The lowest BCUT2D eigenvalue weighted by Gasteiger charge is -2.42. The molecule has 0 bridgehead atoms. The van der Waals surface area contributed by atoms with E-state index in [9.17, 15) is 9.90 Å². The highest BCUT2D eigenvalue weighted by molar-refractivity contribution is 5.73. The van der Waals surface area contributed by atoms with Gasteiger partial charge in [-0.15, -0.1) is 0 Å². The number of rotatable bonds is 2. The molecule has 5 unspecified atom stereocenters. The Morgan fingerprint density at radius 2 is 2.07 bits per heavy atom. The number of aliphatic hydroxyl groups excluding tert-OH is 2. The van der Waals surface area contributed by atoms with E-state index < -0.39 is 12.2 Å². The van der Waals surface area contributed by atoms with Gasteiger partial charge in [-0.25, -0.2) is 0 Å². The third kappa shape index (κ3) is 2.68. The lowest BCUT2D eigenvalue weighted by Crippen LogP contribution is -2.59. The number of aliphatic hydroxyl groups is 2. The predicted molar refractivity (Wildman–Crippen MR) is 54.2 cm³/mol. The summed E-state index contributed by atoms with van der Waals surface area (Å²) in [5.41, 5.74) is 0. The Hall–Kier alpha value is -0.650. The van der Waals surface area contributed by atoms with Gasteiger partial charge in [-0.3, -0.25) is 4.79 Å². The van der Waals surface area contributed by atoms with E-state index in [0.29, 0.717) is 0 Å². The first-order valence-corrected chi connectivity index (χ1v) is 5.18. The number of carbonyl (C=O) groups is 1. The van der Waals surface area contributed by atoms with E-state index in [-0.39, 0.29) is 30.6 Å². The summed E-state index contributed by atoms with van der Waals surface area (Å²) in [6.07, 6.45) is -1.51. The molecular weight excluding hydrogens is 198 g/mol. The molecule has 1 heterocycles. The van der Waals surface area contributed by atoms with Crippen molar-refractivity contribution in [2.45, 2.75) is 45.1 Å². The van der Waals surface area contributed by atoms with Crippen molar-refractivity contribution in [2.75, 3.05) is 6.61 Å². The van der Waals surface area contributed by atoms with Crippen LogP contribution in [0.2, 0.25) is 0 Å².